The van der Waals surface area contributed by atoms with Crippen molar-refractivity contribution in [3.8, 4) is 0 Å². The Labute approximate surface area is 780 Å². The van der Waals surface area contributed by atoms with Gasteiger partial charge in [0.1, 0.15) is 90.6 Å². The molecule has 0 aromatic carbocycles. The lowest BCUT2D eigenvalue weighted by Gasteiger charge is -2.23. The maximum Gasteiger partial charge on any atom is 0.268 e. The molecular weight excluding hydrogens is 1810 g/mol. The highest BCUT2D eigenvalue weighted by molar-refractivity contribution is 6.11. The first kappa shape index (κ1) is 122. The van der Waals surface area contributed by atoms with Gasteiger partial charge in [0.15, 0.2) is 0 Å². The quantitative estimate of drug-likeness (QED) is 0.0199. The molecule has 0 aromatic rings. The summed E-state index contributed by atoms with van der Waals surface area (Å²) in [6.45, 7) is 15.9. The van der Waals surface area contributed by atoms with Crippen molar-refractivity contribution in [3.63, 3.8) is 0 Å². The Hall–Kier alpha value is -14.1. The summed E-state index contributed by atoms with van der Waals surface area (Å²) in [4.78, 5) is 343. The molecule has 0 bridgehead atoms. The summed E-state index contributed by atoms with van der Waals surface area (Å²) < 4.78 is 0. The van der Waals surface area contributed by atoms with Crippen LogP contribution in [0.3, 0.4) is 0 Å². The Kier molecular flexibility index (Phi) is 54.6. The van der Waals surface area contributed by atoms with Gasteiger partial charge in [0.05, 0.1) is 39.3 Å². The molecule has 136 heavy (non-hydrogen) atoms. The van der Waals surface area contributed by atoms with E-state index in [1.807, 2.05) is 0 Å². The van der Waals surface area contributed by atoms with Crippen LogP contribution in [0.2, 0.25) is 0 Å². The van der Waals surface area contributed by atoms with Gasteiger partial charge in [-0.3, -0.25) is 161 Å². The van der Waals surface area contributed by atoms with E-state index in [0.29, 0.717) is 0 Å². The van der Waals surface area contributed by atoms with Crippen molar-refractivity contribution < 1.29 is 161 Å². The average molecular weight is 1950 g/mol. The maximum absolute atomic E-state index is 13.8. The molecule has 0 aliphatic rings. The molecule has 0 radical (unpaired) electrons. The van der Waals surface area contributed by atoms with E-state index >= 15 is 0 Å². The first-order chi connectivity index (χ1) is 63.0. The molecular formula is C78H129N25O33. The van der Waals surface area contributed by atoms with E-state index in [4.69, 9.17) is 0 Å². The summed E-state index contributed by atoms with van der Waals surface area (Å²) in [7, 11) is 0. The van der Waals surface area contributed by atoms with E-state index in [1.54, 1.807) is 0 Å². The van der Waals surface area contributed by atoms with Gasteiger partial charge in [-0.25, -0.2) is 35.3 Å². The average Bonchev–Trinajstić information content (AvgIpc) is 0.867. The van der Waals surface area contributed by atoms with Crippen LogP contribution in [0.4, 0.5) is 0 Å². The largest absolute Gasteiger partial charge is 0.354 e. The summed E-state index contributed by atoms with van der Waals surface area (Å²) in [5, 5.41) is 104. The van der Waals surface area contributed by atoms with E-state index in [0.717, 1.165) is 20.8 Å². The third-order valence-electron chi connectivity index (χ3n) is 18.9. The fourth-order valence-corrected chi connectivity index (χ4v) is 11.1. The summed E-state index contributed by atoms with van der Waals surface area (Å²) in [5.74, 6) is -25.3. The highest BCUT2D eigenvalue weighted by Gasteiger charge is 2.35. The Morgan fingerprint density at radius 2 is 0.316 bits per heavy atom. The standard InChI is InChI=1S/C78H129N25O33/c1-37(85-55(107)22-31-97(131)76(128)49(13)94-70(122)43(7)88-58(110)25-34-100(134)73(125)46(10)91-67(119)40(4)82-52(16)104)64(116)79-28-19-61(113)103(62(114)20-29-80-65(117)38(2)86-56(108)23-32-98(132)77(129)50(14)95-71(123)44(8)89-59(111)26-35-101(135)74(126)47(11)92-68(120)41(5)83-53(17)105)63(115)21-30-81-66(118)39(3)87-57(109)24-33-99(133)78(130)51(15)96-72(124)45(9)90-60(112)27-36-102(136)75(127)48(12)93-69(121)42(6)84-54(18)106/h37-51,131-136H,19-36H2,1-18H3,(H,79,116)(H,80,117)(H,81,118)(H,82,104)(H,83,105)(H,84,106)(H,85,107)(H,86,108)(H,87,109)(H,88,110)(H,89,111)(H,90,112)(H,91,119)(H,92,120)(H,93,121)(H,94,122)(H,95,123)(H,96,124)/t37-,38-,39-,40-,41-,42-,43-,44-,45-,46-,47-,48-,49-,50-,51-/m0/s1. The summed E-state index contributed by atoms with van der Waals surface area (Å²) in [5.41, 5.74) is 0. The molecule has 24 N–H and O–H groups in total. The van der Waals surface area contributed by atoms with Crippen molar-refractivity contribution in [2.75, 3.05) is 58.9 Å². The molecule has 58 nitrogen and oxygen atoms in total. The van der Waals surface area contributed by atoms with Crippen molar-refractivity contribution in [1.29, 1.82) is 0 Å². The van der Waals surface area contributed by atoms with E-state index in [2.05, 4.69) is 95.7 Å². The molecule has 58 heteroatoms. The Morgan fingerprint density at radius 1 is 0.184 bits per heavy atom. The number of nitrogens with one attached hydrogen (secondary N) is 18. The fraction of sp³-hybridized carbons (Fsp3) is 0.654. The smallest absolute Gasteiger partial charge is 0.268 e. The van der Waals surface area contributed by atoms with Gasteiger partial charge in [0, 0.05) is 98.2 Å². The van der Waals surface area contributed by atoms with Crippen LogP contribution >= 0.6 is 0 Å². The maximum atomic E-state index is 13.8. The van der Waals surface area contributed by atoms with Crippen LogP contribution < -0.4 is 95.7 Å². The molecule has 764 valence electrons. The zero-order valence-corrected chi connectivity index (χ0v) is 78.7. The van der Waals surface area contributed by atoms with Crippen LogP contribution in [0.15, 0.2) is 0 Å². The van der Waals surface area contributed by atoms with Crippen molar-refractivity contribution >= 4 is 159 Å². The lowest BCUT2D eigenvalue weighted by Crippen LogP contribution is -2.53. The molecule has 0 heterocycles. The molecule has 0 aliphatic heterocycles. The van der Waals surface area contributed by atoms with Crippen molar-refractivity contribution in [2.24, 2.45) is 0 Å². The predicted molar refractivity (Wildman–Crippen MR) is 460 cm³/mol. The third-order valence-corrected chi connectivity index (χ3v) is 18.9. The number of carbonyl (C=O) groups is 27. The van der Waals surface area contributed by atoms with Gasteiger partial charge in [-0.05, 0) is 104 Å². The number of carbonyl (C=O) groups excluding carboxylic acids is 27. The minimum atomic E-state index is -1.48. The van der Waals surface area contributed by atoms with Gasteiger partial charge in [-0.15, -0.1) is 0 Å². The van der Waals surface area contributed by atoms with Crippen LogP contribution in [-0.2, 0) is 129 Å². The SMILES string of the molecule is CC(=O)N[C@@H](C)C(=O)N[C@@H](C)C(=O)N(O)CCC(=O)N[C@@H](C)C(=O)N[C@@H](C)C(=O)N(O)CCC(=O)N[C@@H](C)C(=O)NCCC(=O)N(C(=O)CCNC(=O)[C@H](C)NC(=O)CCN(O)C(=O)[C@H](C)NC(=O)[C@H](C)NC(=O)CCN(O)C(=O)[C@H](C)NC(=O)[C@H](C)NC(C)=O)C(=O)CCNC(=O)[C@H](C)NC(=O)CCN(O)C(=O)[C@H](C)NC(=O)[C@H](C)NC(=O)CCN(O)C(=O)[C@H](C)NC(=O)[C@H](C)NC(C)=O. The van der Waals surface area contributed by atoms with Gasteiger partial charge in [-0.1, -0.05) is 0 Å². The molecule has 0 aliphatic carbocycles. The normalized spacial score (nSPS) is 14.0. The van der Waals surface area contributed by atoms with Crippen LogP contribution in [0.25, 0.3) is 0 Å². The molecule has 0 spiro atoms. The van der Waals surface area contributed by atoms with E-state index in [9.17, 15) is 161 Å². The van der Waals surface area contributed by atoms with Crippen molar-refractivity contribution in [1.82, 2.24) is 131 Å². The number of imide groups is 3. The van der Waals surface area contributed by atoms with Crippen LogP contribution in [-0.4, -0.2) is 376 Å². The Morgan fingerprint density at radius 3 is 0.456 bits per heavy atom. The molecule has 0 fully saturated rings. The zero-order valence-electron chi connectivity index (χ0n) is 78.7. The first-order valence-electron chi connectivity index (χ1n) is 42.7. The molecule has 0 saturated heterocycles. The number of rotatable bonds is 57. The van der Waals surface area contributed by atoms with Crippen molar-refractivity contribution in [3.05, 3.63) is 0 Å². The van der Waals surface area contributed by atoms with Gasteiger partial charge in [-0.2, -0.15) is 0 Å². The zero-order chi connectivity index (χ0) is 105. The molecule has 0 saturated carbocycles. The predicted octanol–water partition coefficient (Wildman–Crippen LogP) is -11.3. The first-order valence-corrected chi connectivity index (χ1v) is 42.7. The van der Waals surface area contributed by atoms with Crippen LogP contribution in [0, 0.1) is 0 Å². The van der Waals surface area contributed by atoms with E-state index < -0.39 is 367 Å². The van der Waals surface area contributed by atoms with Gasteiger partial charge in [0.25, 0.3) is 35.4 Å². The minimum Gasteiger partial charge on any atom is -0.354 e. The van der Waals surface area contributed by atoms with Gasteiger partial charge >= 0.3 is 0 Å². The highest BCUT2D eigenvalue weighted by Crippen LogP contribution is 2.08. The fourth-order valence-electron chi connectivity index (χ4n) is 11.1. The second-order valence-corrected chi connectivity index (χ2v) is 31.3. The minimum absolute atomic E-state index is 0.0661. The molecule has 15 atom stereocenters. The monoisotopic (exact) mass is 1940 g/mol. The molecule has 27 amide bonds. The number of hydrogen-bond donors (Lipinski definition) is 24. The van der Waals surface area contributed by atoms with Gasteiger partial charge in [0.2, 0.25) is 124 Å². The highest BCUT2D eigenvalue weighted by atomic mass is 16.5. The Bertz CT molecular complexity index is 3910. The van der Waals surface area contributed by atoms with E-state index in [1.165, 1.54) is 104 Å². The van der Waals surface area contributed by atoms with Crippen molar-refractivity contribution in [2.45, 2.75) is 273 Å². The van der Waals surface area contributed by atoms with E-state index in [-0.39, 0.29) is 35.3 Å². The molecule has 0 aromatic heterocycles. The number of hydroxylamine groups is 12. The lowest BCUT2D eigenvalue weighted by molar-refractivity contribution is -0.169. The third kappa shape index (κ3) is 47.0. The van der Waals surface area contributed by atoms with Crippen LogP contribution in [0.5, 0.6) is 0 Å². The molecule has 0 unspecified atom stereocenters. The second-order valence-electron chi connectivity index (χ2n) is 31.3. The topological polar surface area (TPSA) is 821 Å². The number of nitrogens with zero attached hydrogens (tertiary/aromatic N) is 7. The second kappa shape index (κ2) is 60.9. The Balaban J connectivity index is 6.00. The lowest BCUT2D eigenvalue weighted by atomic mass is 10.2. The number of hydrogen-bond acceptors (Lipinski definition) is 33. The molecule has 0 rings (SSSR count). The summed E-state index contributed by atoms with van der Waals surface area (Å²) in [6, 6.07) is -19.7. The summed E-state index contributed by atoms with van der Waals surface area (Å²) >= 11 is 0. The summed E-state index contributed by atoms with van der Waals surface area (Å²) in [6.07, 6.45) is -6.15. The van der Waals surface area contributed by atoms with Gasteiger partial charge < -0.3 is 95.7 Å². The number of amides is 27. The van der Waals surface area contributed by atoms with Crippen LogP contribution in [0.1, 0.15) is 182 Å².